The number of anilines is 1. The van der Waals surface area contributed by atoms with E-state index < -0.39 is 4.92 Å². The lowest BCUT2D eigenvalue weighted by molar-refractivity contribution is -0.384. The molecular weight excluding hydrogens is 324 g/mol. The number of nitro benzene ring substituents is 1. The Bertz CT molecular complexity index is 631. The number of urea groups is 1. The van der Waals surface area contributed by atoms with Crippen molar-refractivity contribution in [3.63, 3.8) is 0 Å². The van der Waals surface area contributed by atoms with Gasteiger partial charge >= 0.3 is 6.03 Å². The molecule has 2 amide bonds. The molecular formula is C17H24N4O4. The zero-order valence-corrected chi connectivity index (χ0v) is 14.1. The smallest absolute Gasteiger partial charge is 0.319 e. The second-order valence-electron chi connectivity index (χ2n) is 6.78. The summed E-state index contributed by atoms with van der Waals surface area (Å²) in [5, 5.41) is 26.4. The highest BCUT2D eigenvalue weighted by Gasteiger charge is 2.33. The summed E-state index contributed by atoms with van der Waals surface area (Å²) < 4.78 is 0. The number of likely N-dealkylation sites (tertiary alicyclic amines) is 1. The summed E-state index contributed by atoms with van der Waals surface area (Å²) in [6.45, 7) is 1.73. The number of nitrogens with one attached hydrogen (secondary N) is 2. The number of aliphatic hydroxyl groups excluding tert-OH is 1. The maximum atomic E-state index is 12.1. The average molecular weight is 348 g/mol. The highest BCUT2D eigenvalue weighted by molar-refractivity contribution is 5.89. The Balaban J connectivity index is 1.46. The lowest BCUT2D eigenvalue weighted by atomic mass is 10.0. The van der Waals surface area contributed by atoms with Crippen LogP contribution in [0.4, 0.5) is 16.2 Å². The predicted octanol–water partition coefficient (Wildman–Crippen LogP) is 2.09. The maximum absolute atomic E-state index is 12.1. The summed E-state index contributed by atoms with van der Waals surface area (Å²) in [4.78, 5) is 24.7. The van der Waals surface area contributed by atoms with Gasteiger partial charge in [0.1, 0.15) is 0 Å². The quantitative estimate of drug-likeness (QED) is 0.570. The van der Waals surface area contributed by atoms with Crippen LogP contribution >= 0.6 is 0 Å². The van der Waals surface area contributed by atoms with Crippen LogP contribution in [0, 0.1) is 10.1 Å². The highest BCUT2D eigenvalue weighted by atomic mass is 16.6. The Morgan fingerprint density at radius 3 is 2.64 bits per heavy atom. The highest BCUT2D eigenvalue weighted by Crippen LogP contribution is 2.26. The minimum absolute atomic E-state index is 0.0544. The normalized spacial score (nSPS) is 24.8. The number of rotatable bonds is 4. The summed E-state index contributed by atoms with van der Waals surface area (Å²) in [7, 11) is 0. The summed E-state index contributed by atoms with van der Waals surface area (Å²) in [6, 6.07) is 5.88. The maximum Gasteiger partial charge on any atom is 0.319 e. The number of piperidine rings is 1. The molecule has 1 aromatic carbocycles. The van der Waals surface area contributed by atoms with Crippen molar-refractivity contribution in [2.45, 2.75) is 50.3 Å². The molecule has 136 valence electrons. The first-order valence-corrected chi connectivity index (χ1v) is 8.77. The van der Waals surface area contributed by atoms with E-state index >= 15 is 0 Å². The van der Waals surface area contributed by atoms with Gasteiger partial charge in [-0.25, -0.2) is 4.79 Å². The van der Waals surface area contributed by atoms with Gasteiger partial charge < -0.3 is 15.7 Å². The Morgan fingerprint density at radius 2 is 2.00 bits per heavy atom. The molecule has 3 rings (SSSR count). The van der Waals surface area contributed by atoms with E-state index in [1.54, 1.807) is 12.1 Å². The van der Waals surface area contributed by atoms with E-state index in [9.17, 15) is 20.0 Å². The summed E-state index contributed by atoms with van der Waals surface area (Å²) >= 11 is 0. The van der Waals surface area contributed by atoms with Gasteiger partial charge in [-0.3, -0.25) is 15.0 Å². The molecule has 1 aliphatic heterocycles. The first kappa shape index (κ1) is 17.6. The van der Waals surface area contributed by atoms with Crippen LogP contribution in [0.1, 0.15) is 32.1 Å². The summed E-state index contributed by atoms with van der Waals surface area (Å²) in [5.74, 6) is 0. The van der Waals surface area contributed by atoms with E-state index in [0.717, 1.165) is 45.2 Å². The minimum Gasteiger partial charge on any atom is -0.391 e. The lowest BCUT2D eigenvalue weighted by Gasteiger charge is -2.37. The molecule has 2 atom stereocenters. The molecule has 0 radical (unpaired) electrons. The van der Waals surface area contributed by atoms with Gasteiger partial charge in [-0.2, -0.15) is 0 Å². The Morgan fingerprint density at radius 1 is 1.24 bits per heavy atom. The van der Waals surface area contributed by atoms with Crippen molar-refractivity contribution in [3.05, 3.63) is 34.4 Å². The second kappa shape index (κ2) is 7.79. The molecule has 2 aliphatic rings. The van der Waals surface area contributed by atoms with Gasteiger partial charge in [-0.15, -0.1) is 0 Å². The van der Waals surface area contributed by atoms with Gasteiger partial charge in [0, 0.05) is 43.0 Å². The van der Waals surface area contributed by atoms with E-state index in [1.807, 2.05) is 0 Å². The van der Waals surface area contributed by atoms with Gasteiger partial charge in [0.05, 0.1) is 11.0 Å². The van der Waals surface area contributed by atoms with Crippen molar-refractivity contribution in [2.24, 2.45) is 0 Å². The van der Waals surface area contributed by atoms with Gasteiger partial charge in [0.15, 0.2) is 0 Å². The first-order valence-electron chi connectivity index (χ1n) is 8.77. The van der Waals surface area contributed by atoms with Gasteiger partial charge in [0.25, 0.3) is 5.69 Å². The van der Waals surface area contributed by atoms with Gasteiger partial charge in [0.2, 0.25) is 0 Å². The monoisotopic (exact) mass is 348 g/mol. The molecule has 0 unspecified atom stereocenters. The molecule has 1 saturated carbocycles. The van der Waals surface area contributed by atoms with Crippen LogP contribution in [-0.4, -0.2) is 52.2 Å². The SMILES string of the molecule is O=C(Nc1cccc([N+](=O)[O-])c1)NC1CCN([C@@H]2CCC[C@H]2O)CC1. The molecule has 2 fully saturated rings. The number of hydrogen-bond donors (Lipinski definition) is 3. The lowest BCUT2D eigenvalue weighted by Crippen LogP contribution is -2.50. The van der Waals surface area contributed by atoms with E-state index in [0.29, 0.717) is 5.69 Å². The van der Waals surface area contributed by atoms with E-state index in [2.05, 4.69) is 15.5 Å². The molecule has 1 aliphatic carbocycles. The molecule has 1 saturated heterocycles. The number of nitro groups is 1. The van der Waals surface area contributed by atoms with Crippen LogP contribution < -0.4 is 10.6 Å². The average Bonchev–Trinajstić information content (AvgIpc) is 3.02. The topological polar surface area (TPSA) is 108 Å². The standard InChI is InChI=1S/C17H24N4O4/c22-16-6-2-5-15(16)20-9-7-12(8-10-20)18-17(23)19-13-3-1-4-14(11-13)21(24)25/h1,3-4,11-12,15-16,22H,2,5-10H2,(H2,18,19,23)/t15-,16-/m1/s1. The fourth-order valence-corrected chi connectivity index (χ4v) is 3.77. The molecule has 1 heterocycles. The largest absolute Gasteiger partial charge is 0.391 e. The summed E-state index contributed by atoms with van der Waals surface area (Å²) in [6.07, 6.45) is 4.47. The molecule has 25 heavy (non-hydrogen) atoms. The third kappa shape index (κ3) is 4.46. The molecule has 1 aromatic rings. The number of aliphatic hydroxyl groups is 1. The van der Waals surface area contributed by atoms with E-state index in [1.165, 1.54) is 12.1 Å². The molecule has 8 nitrogen and oxygen atoms in total. The third-order valence-corrected chi connectivity index (χ3v) is 5.09. The van der Waals surface area contributed by atoms with Crippen molar-refractivity contribution >= 4 is 17.4 Å². The zero-order valence-electron chi connectivity index (χ0n) is 14.1. The number of carbonyl (C=O) groups excluding carboxylic acids is 1. The number of non-ortho nitro benzene ring substituents is 1. The number of benzene rings is 1. The predicted molar refractivity (Wildman–Crippen MR) is 93.5 cm³/mol. The number of nitrogens with zero attached hydrogens (tertiary/aromatic N) is 2. The molecule has 0 aromatic heterocycles. The van der Waals surface area contributed by atoms with Crippen molar-refractivity contribution in [3.8, 4) is 0 Å². The zero-order chi connectivity index (χ0) is 17.8. The van der Waals surface area contributed by atoms with Crippen molar-refractivity contribution in [1.29, 1.82) is 0 Å². The van der Waals surface area contributed by atoms with Gasteiger partial charge in [-0.05, 0) is 38.2 Å². The number of amides is 2. The van der Waals surface area contributed by atoms with Crippen LogP contribution in [0.15, 0.2) is 24.3 Å². The number of carbonyl (C=O) groups is 1. The van der Waals surface area contributed by atoms with E-state index in [-0.39, 0.29) is 29.9 Å². The van der Waals surface area contributed by atoms with Crippen LogP contribution in [0.3, 0.4) is 0 Å². The van der Waals surface area contributed by atoms with Crippen molar-refractivity contribution < 1.29 is 14.8 Å². The van der Waals surface area contributed by atoms with Crippen LogP contribution in [0.2, 0.25) is 0 Å². The minimum atomic E-state index is -0.490. The molecule has 8 heteroatoms. The van der Waals surface area contributed by atoms with Crippen molar-refractivity contribution in [1.82, 2.24) is 10.2 Å². The van der Waals surface area contributed by atoms with Crippen LogP contribution in [0.5, 0.6) is 0 Å². The molecule has 3 N–H and O–H groups in total. The molecule has 0 bridgehead atoms. The Kier molecular flexibility index (Phi) is 5.50. The van der Waals surface area contributed by atoms with Crippen molar-refractivity contribution in [2.75, 3.05) is 18.4 Å². The fraction of sp³-hybridized carbons (Fsp3) is 0.588. The first-order chi connectivity index (χ1) is 12.0. The third-order valence-electron chi connectivity index (χ3n) is 5.09. The number of hydrogen-bond acceptors (Lipinski definition) is 5. The van der Waals surface area contributed by atoms with Crippen LogP contribution in [-0.2, 0) is 0 Å². The Labute approximate surface area is 146 Å². The fourth-order valence-electron chi connectivity index (χ4n) is 3.77. The van der Waals surface area contributed by atoms with E-state index in [4.69, 9.17) is 0 Å². The molecule has 0 spiro atoms. The summed E-state index contributed by atoms with van der Waals surface area (Å²) in [5.41, 5.74) is 0.347. The van der Waals surface area contributed by atoms with Gasteiger partial charge in [-0.1, -0.05) is 6.07 Å². The van der Waals surface area contributed by atoms with Crippen LogP contribution in [0.25, 0.3) is 0 Å². The Hall–Kier alpha value is -2.19. The second-order valence-corrected chi connectivity index (χ2v) is 6.78.